The van der Waals surface area contributed by atoms with Gasteiger partial charge in [-0.1, -0.05) is 22.1 Å². The molecule has 196 valence electrons. The minimum Gasteiger partial charge on any atom is -0.455 e. The van der Waals surface area contributed by atoms with Crippen LogP contribution >= 0.6 is 11.6 Å². The summed E-state index contributed by atoms with van der Waals surface area (Å²) >= 11 is 6.51. The van der Waals surface area contributed by atoms with Crippen molar-refractivity contribution in [2.75, 3.05) is 23.9 Å². The summed E-state index contributed by atoms with van der Waals surface area (Å²) in [5.41, 5.74) is 2.42. The van der Waals surface area contributed by atoms with Gasteiger partial charge in [0.1, 0.15) is 29.1 Å². The topological polar surface area (TPSA) is 120 Å². The van der Waals surface area contributed by atoms with Gasteiger partial charge < -0.3 is 19.9 Å². The number of fused-ring (bicyclic) bond motifs is 2. The molecule has 0 aliphatic heterocycles. The number of hydrogen-bond acceptors (Lipinski definition) is 7. The number of hydrogen-bond donors (Lipinski definition) is 2. The second-order valence-electron chi connectivity index (χ2n) is 8.57. The Labute approximate surface area is 221 Å². The van der Waals surface area contributed by atoms with Crippen molar-refractivity contribution in [2.24, 2.45) is 0 Å². The molecule has 0 atom stereocenters. The van der Waals surface area contributed by atoms with Crippen LogP contribution in [0.1, 0.15) is 0 Å². The van der Waals surface area contributed by atoms with E-state index in [9.17, 15) is 17.7 Å². The highest BCUT2D eigenvalue weighted by molar-refractivity contribution is 7.91. The lowest BCUT2D eigenvalue weighted by molar-refractivity contribution is -0.118. The molecule has 38 heavy (non-hydrogen) atoms. The number of anilines is 2. The third kappa shape index (κ3) is 5.55. The minimum atomic E-state index is -3.40. The Bertz CT molecular complexity index is 1770. The number of carbonyl (C=O) groups is 1. The summed E-state index contributed by atoms with van der Waals surface area (Å²) in [6.07, 6.45) is 5.56. The van der Waals surface area contributed by atoms with Gasteiger partial charge >= 0.3 is 0 Å². The quantitative estimate of drug-likeness (QED) is 0.275. The lowest BCUT2D eigenvalue weighted by Crippen LogP contribution is -2.32. The number of halogens is 2. The van der Waals surface area contributed by atoms with Crippen molar-refractivity contribution in [1.29, 1.82) is 0 Å². The number of benzene rings is 2. The van der Waals surface area contributed by atoms with Crippen molar-refractivity contribution in [3.63, 3.8) is 0 Å². The molecule has 0 aliphatic carbocycles. The van der Waals surface area contributed by atoms with Crippen LogP contribution in [-0.4, -0.2) is 52.2 Å². The van der Waals surface area contributed by atoms with E-state index in [4.69, 9.17) is 16.3 Å². The van der Waals surface area contributed by atoms with Crippen LogP contribution in [0.4, 0.5) is 16.0 Å². The molecule has 5 aromatic rings. The zero-order valence-corrected chi connectivity index (χ0v) is 21.6. The van der Waals surface area contributed by atoms with E-state index in [-0.39, 0.29) is 6.54 Å². The smallest absolute Gasteiger partial charge is 0.235 e. The average Bonchev–Trinajstić information content (AvgIpc) is 3.44. The Kier molecular flexibility index (Phi) is 6.91. The largest absolute Gasteiger partial charge is 0.455 e. The maximum atomic E-state index is 13.9. The Morgan fingerprint density at radius 1 is 1.11 bits per heavy atom. The second-order valence-corrected chi connectivity index (χ2v) is 11.1. The van der Waals surface area contributed by atoms with Crippen molar-refractivity contribution in [1.82, 2.24) is 24.6 Å². The number of carbonyl (C=O) groups excluding carboxylic acids is 1. The number of sulfone groups is 1. The van der Waals surface area contributed by atoms with Crippen LogP contribution in [0.25, 0.3) is 21.9 Å². The van der Waals surface area contributed by atoms with Crippen LogP contribution < -0.4 is 15.4 Å². The molecule has 5 rings (SSSR count). The van der Waals surface area contributed by atoms with Gasteiger partial charge in [-0.2, -0.15) is 4.79 Å². The molecule has 0 unspecified atom stereocenters. The van der Waals surface area contributed by atoms with Crippen LogP contribution in [0.2, 0.25) is 5.02 Å². The first-order valence-electron chi connectivity index (χ1n) is 11.4. The van der Waals surface area contributed by atoms with Crippen LogP contribution in [0.3, 0.4) is 0 Å². The third-order valence-corrected chi connectivity index (χ3v) is 6.76. The third-order valence-electron chi connectivity index (χ3n) is 5.68. The summed E-state index contributed by atoms with van der Waals surface area (Å²) < 4.78 is 44.3. The van der Waals surface area contributed by atoms with Crippen LogP contribution in [0.15, 0.2) is 67.3 Å². The highest BCUT2D eigenvalue weighted by atomic mass is 35.5. The summed E-state index contributed by atoms with van der Waals surface area (Å²) in [5.74, 6) is 0.265. The summed E-state index contributed by atoms with van der Waals surface area (Å²) in [7, 11) is -3.40. The molecule has 3 aromatic heterocycles. The highest BCUT2D eigenvalue weighted by Gasteiger charge is 2.14. The Balaban J connectivity index is 1.32. The molecule has 2 aromatic carbocycles. The number of nitrogens with zero attached hydrogens (tertiary/aromatic N) is 4. The monoisotopic (exact) mass is 556 g/mol. The van der Waals surface area contributed by atoms with Crippen LogP contribution in [0, 0.1) is 0 Å². The Morgan fingerprint density at radius 2 is 1.95 bits per heavy atom. The number of rotatable bonds is 9. The molecular formula is C25H22ClFN6O4S. The van der Waals surface area contributed by atoms with Crippen LogP contribution in [0.5, 0.6) is 11.5 Å². The molecule has 0 bridgehead atoms. The van der Waals surface area contributed by atoms with E-state index in [1.807, 2.05) is 16.8 Å². The van der Waals surface area contributed by atoms with Gasteiger partial charge in [-0.05, 0) is 42.5 Å². The summed E-state index contributed by atoms with van der Waals surface area (Å²) in [6.45, 7) is 0.601. The van der Waals surface area contributed by atoms with E-state index in [1.54, 1.807) is 42.5 Å². The van der Waals surface area contributed by atoms with E-state index < -0.39 is 21.5 Å². The fourth-order valence-corrected chi connectivity index (χ4v) is 4.82. The van der Waals surface area contributed by atoms with Gasteiger partial charge in [0, 0.05) is 42.8 Å². The lowest BCUT2D eigenvalue weighted by Gasteiger charge is -2.13. The lowest BCUT2D eigenvalue weighted by atomic mass is 10.2. The van der Waals surface area contributed by atoms with E-state index in [0.29, 0.717) is 61.3 Å². The predicted molar refractivity (Wildman–Crippen MR) is 144 cm³/mol. The first kappa shape index (κ1) is 25.5. The van der Waals surface area contributed by atoms with Gasteiger partial charge in [-0.25, -0.2) is 18.4 Å². The van der Waals surface area contributed by atoms with Crippen molar-refractivity contribution < 1.29 is 22.4 Å². The van der Waals surface area contributed by atoms with E-state index in [1.165, 1.54) is 12.5 Å². The first-order chi connectivity index (χ1) is 18.2. The predicted octanol–water partition coefficient (Wildman–Crippen LogP) is 4.47. The zero-order chi connectivity index (χ0) is 26.9. The van der Waals surface area contributed by atoms with Gasteiger partial charge in [0.15, 0.2) is 15.7 Å². The number of amides is 1. The van der Waals surface area contributed by atoms with Crippen LogP contribution in [-0.2, 0) is 21.2 Å². The SMILES string of the molecule is CS(=O)(=O)CC(=O)NCCn1ccc2ncnc(Nc3ccc(Oc4cccc5c4ccn5F)c(Cl)c3)c21. The second kappa shape index (κ2) is 10.3. The summed E-state index contributed by atoms with van der Waals surface area (Å²) in [6, 6.07) is 13.7. The fourth-order valence-electron chi connectivity index (χ4n) is 4.03. The van der Waals surface area contributed by atoms with Gasteiger partial charge in [0.2, 0.25) is 5.91 Å². The van der Waals surface area contributed by atoms with Crippen molar-refractivity contribution in [3.05, 3.63) is 72.3 Å². The normalized spacial score (nSPS) is 11.7. The maximum Gasteiger partial charge on any atom is 0.235 e. The molecule has 10 nitrogen and oxygen atoms in total. The molecule has 0 radical (unpaired) electrons. The van der Waals surface area contributed by atoms with E-state index >= 15 is 0 Å². The first-order valence-corrected chi connectivity index (χ1v) is 13.9. The summed E-state index contributed by atoms with van der Waals surface area (Å²) in [4.78, 5) is 21.0. The molecule has 1 amide bonds. The molecule has 0 saturated carbocycles. The Hall–Kier alpha value is -4.16. The number of ether oxygens (including phenoxy) is 1. The van der Waals surface area contributed by atoms with E-state index in [0.717, 1.165) is 6.26 Å². The summed E-state index contributed by atoms with van der Waals surface area (Å²) in [5, 5.41) is 6.79. The molecule has 13 heteroatoms. The van der Waals surface area contributed by atoms with Gasteiger partial charge in [-0.15, -0.1) is 0 Å². The number of nitrogens with one attached hydrogen (secondary N) is 2. The standard InChI is InChI=1S/C25H22ClFN6O4S/c1-38(35,36)14-23(34)28-9-12-32-10-8-19-24(32)25(30-15-29-19)31-16-5-6-22(18(26)13-16)37-21-4-2-3-20-17(21)7-11-33(20)27/h2-8,10-11,13,15H,9,12,14H2,1H3,(H,28,34)(H,29,30,31). The zero-order valence-electron chi connectivity index (χ0n) is 20.1. The fraction of sp³-hybridized carbons (Fsp3) is 0.160. The molecule has 0 spiro atoms. The number of aromatic nitrogens is 4. The molecule has 2 N–H and O–H groups in total. The van der Waals surface area contributed by atoms with Gasteiger partial charge in [-0.3, -0.25) is 4.79 Å². The molecular weight excluding hydrogens is 535 g/mol. The highest BCUT2D eigenvalue weighted by Crippen LogP contribution is 2.36. The van der Waals surface area contributed by atoms with Gasteiger partial charge in [0.25, 0.3) is 0 Å². The maximum absolute atomic E-state index is 13.9. The van der Waals surface area contributed by atoms with Gasteiger partial charge in [0.05, 0.1) is 16.1 Å². The van der Waals surface area contributed by atoms with Crippen molar-refractivity contribution >= 4 is 60.8 Å². The van der Waals surface area contributed by atoms with Crippen molar-refractivity contribution in [2.45, 2.75) is 6.54 Å². The molecule has 3 heterocycles. The molecule has 0 aliphatic rings. The Morgan fingerprint density at radius 3 is 2.74 bits per heavy atom. The molecule has 0 fully saturated rings. The minimum absolute atomic E-state index is 0.225. The van der Waals surface area contributed by atoms with Crippen molar-refractivity contribution in [3.8, 4) is 11.5 Å². The van der Waals surface area contributed by atoms with E-state index in [2.05, 4.69) is 20.6 Å². The average molecular weight is 557 g/mol. The molecule has 0 saturated heterocycles.